The van der Waals surface area contributed by atoms with Crippen molar-refractivity contribution in [2.24, 2.45) is 4.99 Å². The Kier molecular flexibility index (Phi) is 4.39. The number of nitro benzene ring substituents is 1. The van der Waals surface area contributed by atoms with E-state index >= 15 is 0 Å². The summed E-state index contributed by atoms with van der Waals surface area (Å²) in [4.78, 5) is 22.3. The molecule has 2 aliphatic rings. The topological polar surface area (TPSA) is 101 Å². The number of aliphatic imine (C=N–C) groups is 1. The number of aromatic nitrogens is 1. The largest absolute Gasteiger partial charge is 0.500 e. The van der Waals surface area contributed by atoms with Crippen molar-refractivity contribution in [2.45, 2.75) is 24.3 Å². The lowest BCUT2D eigenvalue weighted by Gasteiger charge is -2.27. The van der Waals surface area contributed by atoms with Crippen molar-refractivity contribution in [1.82, 2.24) is 9.88 Å². The molecule has 1 aromatic carbocycles. The van der Waals surface area contributed by atoms with Gasteiger partial charge in [-0.1, -0.05) is 24.8 Å². The van der Waals surface area contributed by atoms with Crippen molar-refractivity contribution in [2.75, 3.05) is 13.7 Å². The third kappa shape index (κ3) is 2.97. The Morgan fingerprint density at radius 1 is 1.41 bits per heavy atom. The highest BCUT2D eigenvalue weighted by Gasteiger charge is 2.44. The quantitative estimate of drug-likeness (QED) is 0.635. The van der Waals surface area contributed by atoms with Crippen molar-refractivity contribution >= 4 is 22.6 Å². The molecule has 0 amide bonds. The zero-order valence-electron chi connectivity index (χ0n) is 14.8. The van der Waals surface area contributed by atoms with E-state index in [1.165, 1.54) is 13.2 Å². The van der Waals surface area contributed by atoms with Gasteiger partial charge in [-0.05, 0) is 23.8 Å². The fourth-order valence-corrected chi connectivity index (χ4v) is 4.65. The molecule has 140 valence electrons. The molecule has 27 heavy (non-hydrogen) atoms. The number of benzene rings is 1. The lowest BCUT2D eigenvalue weighted by Crippen LogP contribution is -2.28. The highest BCUT2D eigenvalue weighted by molar-refractivity contribution is 8.14. The fourth-order valence-electron chi connectivity index (χ4n) is 3.56. The van der Waals surface area contributed by atoms with Gasteiger partial charge in [0.25, 0.3) is 0 Å². The second-order valence-corrected chi connectivity index (χ2v) is 7.89. The number of nitro groups is 1. The Hall–Kier alpha value is -2.81. The summed E-state index contributed by atoms with van der Waals surface area (Å²) in [6.07, 6.45) is 1.71. The van der Waals surface area contributed by atoms with Crippen molar-refractivity contribution in [1.29, 1.82) is 0 Å². The second-order valence-electron chi connectivity index (χ2n) is 6.48. The van der Waals surface area contributed by atoms with Crippen molar-refractivity contribution < 1.29 is 14.8 Å². The van der Waals surface area contributed by atoms with Crippen LogP contribution in [-0.2, 0) is 0 Å². The molecule has 0 unspecified atom stereocenters. The predicted octanol–water partition coefficient (Wildman–Crippen LogP) is 3.29. The van der Waals surface area contributed by atoms with E-state index in [1.54, 1.807) is 24.0 Å². The lowest BCUT2D eigenvalue weighted by molar-refractivity contribution is -0.386. The van der Waals surface area contributed by atoms with Gasteiger partial charge in [-0.2, -0.15) is 0 Å². The molecule has 2 aromatic rings. The number of thioether (sulfide) groups is 1. The number of phenols is 1. The summed E-state index contributed by atoms with van der Waals surface area (Å²) in [5.41, 5.74) is 1.09. The number of hydrogen-bond acceptors (Lipinski definition) is 8. The molecule has 0 aliphatic carbocycles. The van der Waals surface area contributed by atoms with Gasteiger partial charge in [-0.25, -0.2) is 0 Å². The standard InChI is InChI=1S/C18H18N4O4S/c1-10-9-21-16(11-7-13(22(24)25)17(23)14(8-11)26-2)15(20-18(21)27-10)12-5-3-4-6-19-12/h3-8,10,15-16,23H,9H2,1-2H3/t10-,15-,16-/m1/s1. The summed E-state index contributed by atoms with van der Waals surface area (Å²) < 4.78 is 5.18. The first-order chi connectivity index (χ1) is 13.0. The number of pyridine rings is 1. The van der Waals surface area contributed by atoms with E-state index in [4.69, 9.17) is 9.73 Å². The van der Waals surface area contributed by atoms with Crippen LogP contribution >= 0.6 is 11.8 Å². The zero-order chi connectivity index (χ0) is 19.1. The maximum absolute atomic E-state index is 11.4. The fraction of sp³-hybridized carbons (Fsp3) is 0.333. The van der Waals surface area contributed by atoms with Gasteiger partial charge in [0.05, 0.1) is 23.8 Å². The zero-order valence-corrected chi connectivity index (χ0v) is 15.6. The molecule has 9 heteroatoms. The minimum absolute atomic E-state index is 0.0762. The lowest BCUT2D eigenvalue weighted by atomic mass is 9.95. The van der Waals surface area contributed by atoms with Crippen molar-refractivity contribution in [3.05, 3.63) is 57.9 Å². The molecule has 2 aliphatic heterocycles. The summed E-state index contributed by atoms with van der Waals surface area (Å²) in [5.74, 6) is -0.392. The molecule has 0 saturated carbocycles. The van der Waals surface area contributed by atoms with E-state index < -0.39 is 10.7 Å². The number of phenolic OH excluding ortho intramolecular Hbond substituents is 1. The maximum atomic E-state index is 11.4. The van der Waals surface area contributed by atoms with Crippen LogP contribution < -0.4 is 4.74 Å². The Morgan fingerprint density at radius 2 is 2.22 bits per heavy atom. The minimum Gasteiger partial charge on any atom is -0.500 e. The molecule has 3 heterocycles. The number of methoxy groups -OCH3 is 1. The molecule has 4 rings (SSSR count). The van der Waals surface area contributed by atoms with Gasteiger partial charge in [-0.3, -0.25) is 20.1 Å². The van der Waals surface area contributed by atoms with Gasteiger partial charge in [0.15, 0.2) is 10.9 Å². The number of nitrogens with zero attached hydrogens (tertiary/aromatic N) is 4. The molecule has 1 fully saturated rings. The summed E-state index contributed by atoms with van der Waals surface area (Å²) in [7, 11) is 1.38. The molecular formula is C18H18N4O4S. The summed E-state index contributed by atoms with van der Waals surface area (Å²) in [5, 5.41) is 22.8. The molecule has 0 bridgehead atoms. The van der Waals surface area contributed by atoms with E-state index in [2.05, 4.69) is 16.8 Å². The van der Waals surface area contributed by atoms with E-state index in [0.717, 1.165) is 17.4 Å². The first-order valence-corrected chi connectivity index (χ1v) is 9.35. The summed E-state index contributed by atoms with van der Waals surface area (Å²) in [6.45, 7) is 2.91. The molecular weight excluding hydrogens is 368 g/mol. The van der Waals surface area contributed by atoms with Crippen LogP contribution in [0.5, 0.6) is 11.5 Å². The Balaban J connectivity index is 1.85. The van der Waals surface area contributed by atoms with Gasteiger partial charge >= 0.3 is 5.69 Å². The molecule has 3 atom stereocenters. The average Bonchev–Trinajstić information content (AvgIpc) is 3.18. The third-order valence-corrected chi connectivity index (χ3v) is 5.82. The van der Waals surface area contributed by atoms with Crippen LogP contribution in [0, 0.1) is 10.1 Å². The van der Waals surface area contributed by atoms with E-state index in [-0.39, 0.29) is 23.5 Å². The monoisotopic (exact) mass is 386 g/mol. The van der Waals surface area contributed by atoms with Gasteiger partial charge in [0.1, 0.15) is 6.04 Å². The smallest absolute Gasteiger partial charge is 0.315 e. The van der Waals surface area contributed by atoms with Crippen LogP contribution in [0.1, 0.15) is 30.3 Å². The molecule has 0 spiro atoms. The summed E-state index contributed by atoms with van der Waals surface area (Å²) >= 11 is 1.69. The van der Waals surface area contributed by atoms with Crippen LogP contribution in [0.3, 0.4) is 0 Å². The minimum atomic E-state index is -0.602. The number of fused-ring (bicyclic) bond motifs is 1. The highest BCUT2D eigenvalue weighted by Crippen LogP contribution is 2.50. The molecule has 1 N–H and O–H groups in total. The number of hydrogen-bond donors (Lipinski definition) is 1. The Bertz CT molecular complexity index is 921. The SMILES string of the molecule is COc1cc([C@@H]2[C@@H](c3ccccn3)N=C3S[C@H](C)CN32)cc([N+](=O)[O-])c1O. The van der Waals surface area contributed by atoms with Gasteiger partial charge < -0.3 is 14.7 Å². The van der Waals surface area contributed by atoms with Crippen LogP contribution in [0.2, 0.25) is 0 Å². The predicted molar refractivity (Wildman–Crippen MR) is 102 cm³/mol. The van der Waals surface area contributed by atoms with Gasteiger partial charge in [0.2, 0.25) is 5.75 Å². The first-order valence-electron chi connectivity index (χ1n) is 8.47. The Labute approximate surface area is 160 Å². The normalized spacial score (nSPS) is 23.9. The molecule has 0 radical (unpaired) electrons. The van der Waals surface area contributed by atoms with Crippen LogP contribution in [0.4, 0.5) is 5.69 Å². The van der Waals surface area contributed by atoms with Gasteiger partial charge in [0, 0.05) is 24.1 Å². The third-order valence-electron chi connectivity index (χ3n) is 4.72. The number of ether oxygens (including phenoxy) is 1. The average molecular weight is 386 g/mol. The second kappa shape index (κ2) is 6.73. The Morgan fingerprint density at radius 3 is 2.89 bits per heavy atom. The summed E-state index contributed by atoms with van der Waals surface area (Å²) in [6, 6.07) is 8.17. The maximum Gasteiger partial charge on any atom is 0.315 e. The number of aromatic hydroxyl groups is 1. The van der Waals surface area contributed by atoms with Crippen LogP contribution in [0.25, 0.3) is 0 Å². The number of rotatable bonds is 4. The van der Waals surface area contributed by atoms with Crippen LogP contribution in [-0.4, -0.2) is 44.0 Å². The van der Waals surface area contributed by atoms with Crippen molar-refractivity contribution in [3.63, 3.8) is 0 Å². The van der Waals surface area contributed by atoms with E-state index in [9.17, 15) is 15.2 Å². The highest BCUT2D eigenvalue weighted by atomic mass is 32.2. The van der Waals surface area contributed by atoms with E-state index in [0.29, 0.717) is 10.8 Å². The molecule has 1 aromatic heterocycles. The molecule has 8 nitrogen and oxygen atoms in total. The first kappa shape index (κ1) is 17.6. The molecule has 1 saturated heterocycles. The van der Waals surface area contributed by atoms with E-state index in [1.807, 2.05) is 18.2 Å². The van der Waals surface area contributed by atoms with Crippen LogP contribution in [0.15, 0.2) is 41.5 Å². The number of amidine groups is 1. The van der Waals surface area contributed by atoms with Gasteiger partial charge in [-0.15, -0.1) is 0 Å². The van der Waals surface area contributed by atoms with Crippen molar-refractivity contribution in [3.8, 4) is 11.5 Å².